The molecule has 0 fully saturated rings. The monoisotopic (exact) mass is 135 g/mol. The standard InChI is InChI=1S/C5H11O2S/c1-5(2,3)8(4,6)7/h1H2,2-4H3. The van der Waals surface area contributed by atoms with Gasteiger partial charge in [0.25, 0.3) is 0 Å². The summed E-state index contributed by atoms with van der Waals surface area (Å²) in [6.07, 6.45) is 1.18. The molecular formula is C5H11O2S. The minimum absolute atomic E-state index is 0.840. The predicted molar refractivity (Wildman–Crippen MR) is 34.3 cm³/mol. The van der Waals surface area contributed by atoms with Crippen LogP contribution in [0.4, 0.5) is 0 Å². The van der Waals surface area contributed by atoms with Crippen molar-refractivity contribution in [3.05, 3.63) is 6.92 Å². The van der Waals surface area contributed by atoms with Crippen molar-refractivity contribution in [3.8, 4) is 0 Å². The highest BCUT2D eigenvalue weighted by molar-refractivity contribution is 7.92. The van der Waals surface area contributed by atoms with E-state index < -0.39 is 14.6 Å². The highest BCUT2D eigenvalue weighted by atomic mass is 32.2. The highest BCUT2D eigenvalue weighted by Crippen LogP contribution is 2.11. The molecule has 0 aromatic carbocycles. The normalized spacial score (nSPS) is 14.0. The van der Waals surface area contributed by atoms with Gasteiger partial charge in [-0.15, -0.1) is 0 Å². The van der Waals surface area contributed by atoms with Crippen LogP contribution in [-0.2, 0) is 9.84 Å². The lowest BCUT2D eigenvalue weighted by Gasteiger charge is -2.13. The van der Waals surface area contributed by atoms with Crippen LogP contribution >= 0.6 is 0 Å². The first-order chi connectivity index (χ1) is 3.25. The molecule has 0 rings (SSSR count). The van der Waals surface area contributed by atoms with Crippen LogP contribution in [0, 0.1) is 6.92 Å². The minimum atomic E-state index is -2.95. The van der Waals surface area contributed by atoms with Crippen molar-refractivity contribution in [1.82, 2.24) is 0 Å². The molecule has 0 saturated heterocycles. The summed E-state index contributed by atoms with van der Waals surface area (Å²) < 4.78 is 20.3. The van der Waals surface area contributed by atoms with Gasteiger partial charge in [0.1, 0.15) is 0 Å². The maximum atomic E-state index is 10.6. The molecule has 0 unspecified atom stereocenters. The van der Waals surface area contributed by atoms with E-state index in [4.69, 9.17) is 0 Å². The third-order valence-electron chi connectivity index (χ3n) is 1.00. The van der Waals surface area contributed by atoms with E-state index in [0.29, 0.717) is 0 Å². The fraction of sp³-hybridized carbons (Fsp3) is 0.800. The van der Waals surface area contributed by atoms with Crippen LogP contribution in [0.15, 0.2) is 0 Å². The van der Waals surface area contributed by atoms with E-state index in [1.54, 1.807) is 13.8 Å². The molecule has 3 heteroatoms. The van der Waals surface area contributed by atoms with Gasteiger partial charge in [0.05, 0.1) is 4.75 Å². The zero-order valence-corrected chi connectivity index (χ0v) is 6.25. The lowest BCUT2D eigenvalue weighted by molar-refractivity contribution is 0.578. The third-order valence-corrected chi connectivity index (χ3v) is 3.01. The second-order valence-electron chi connectivity index (χ2n) is 2.53. The molecule has 0 N–H and O–H groups in total. The Balaban J connectivity index is 4.53. The van der Waals surface area contributed by atoms with Gasteiger partial charge in [-0.2, -0.15) is 0 Å². The summed E-state index contributed by atoms with van der Waals surface area (Å²) >= 11 is 0. The molecule has 0 aliphatic rings. The molecule has 0 saturated carbocycles. The van der Waals surface area contributed by atoms with Crippen molar-refractivity contribution in [1.29, 1.82) is 0 Å². The van der Waals surface area contributed by atoms with Crippen molar-refractivity contribution >= 4 is 9.84 Å². The van der Waals surface area contributed by atoms with E-state index in [1.807, 2.05) is 0 Å². The van der Waals surface area contributed by atoms with Crippen LogP contribution in [0.25, 0.3) is 0 Å². The van der Waals surface area contributed by atoms with Gasteiger partial charge < -0.3 is 0 Å². The summed E-state index contributed by atoms with van der Waals surface area (Å²) in [4.78, 5) is 0. The Bertz CT molecular complexity index is 159. The van der Waals surface area contributed by atoms with Gasteiger partial charge in [-0.05, 0) is 20.8 Å². The van der Waals surface area contributed by atoms with E-state index in [0.717, 1.165) is 0 Å². The summed E-state index contributed by atoms with van der Waals surface area (Å²) in [5.41, 5.74) is 0. The molecule has 1 radical (unpaired) electrons. The summed E-state index contributed by atoms with van der Waals surface area (Å²) in [7, 11) is -2.95. The van der Waals surface area contributed by atoms with Crippen LogP contribution in [0.1, 0.15) is 13.8 Å². The fourth-order valence-electron chi connectivity index (χ4n) is 0. The topological polar surface area (TPSA) is 34.1 Å². The second-order valence-corrected chi connectivity index (χ2v) is 5.18. The average Bonchev–Trinajstić information content (AvgIpc) is 1.25. The quantitative estimate of drug-likeness (QED) is 0.529. The van der Waals surface area contributed by atoms with E-state index in [9.17, 15) is 8.42 Å². The first kappa shape index (κ1) is 7.95. The smallest absolute Gasteiger partial charge is 0.152 e. The van der Waals surface area contributed by atoms with Crippen molar-refractivity contribution < 1.29 is 8.42 Å². The predicted octanol–water partition coefficient (Wildman–Crippen LogP) is 0.644. The van der Waals surface area contributed by atoms with E-state index >= 15 is 0 Å². The minimum Gasteiger partial charge on any atom is -0.229 e. The van der Waals surface area contributed by atoms with Gasteiger partial charge in [-0.3, -0.25) is 0 Å². The Hall–Kier alpha value is -0.0500. The molecule has 0 aromatic heterocycles. The Kier molecular flexibility index (Phi) is 1.71. The van der Waals surface area contributed by atoms with Gasteiger partial charge in [-0.1, -0.05) is 0 Å². The van der Waals surface area contributed by atoms with Crippen LogP contribution in [-0.4, -0.2) is 19.4 Å². The molecule has 0 bridgehead atoms. The molecule has 49 valence electrons. The summed E-state index contributed by atoms with van der Waals surface area (Å²) in [6.45, 7) is 6.60. The lowest BCUT2D eigenvalue weighted by atomic mass is 10.3. The number of sulfone groups is 1. The van der Waals surface area contributed by atoms with E-state index in [1.165, 1.54) is 6.26 Å². The molecule has 0 heterocycles. The molecule has 2 nitrogen and oxygen atoms in total. The first-order valence-electron chi connectivity index (χ1n) is 2.30. The molecular weight excluding hydrogens is 124 g/mol. The number of rotatable bonds is 1. The third kappa shape index (κ3) is 1.82. The largest absolute Gasteiger partial charge is 0.229 e. The number of hydrogen-bond acceptors (Lipinski definition) is 2. The zero-order chi connectivity index (χ0) is 7.00. The molecule has 0 amide bonds. The van der Waals surface area contributed by atoms with Crippen LogP contribution in [0.2, 0.25) is 0 Å². The molecule has 0 atom stereocenters. The van der Waals surface area contributed by atoms with Crippen molar-refractivity contribution in [2.75, 3.05) is 6.26 Å². The maximum absolute atomic E-state index is 10.6. The van der Waals surface area contributed by atoms with E-state index in [-0.39, 0.29) is 0 Å². The second kappa shape index (κ2) is 1.72. The molecule has 0 spiro atoms. The summed E-state index contributed by atoms with van der Waals surface area (Å²) in [5, 5.41) is 0. The van der Waals surface area contributed by atoms with Crippen LogP contribution < -0.4 is 0 Å². The van der Waals surface area contributed by atoms with Crippen LogP contribution in [0.5, 0.6) is 0 Å². The fourth-order valence-corrected chi connectivity index (χ4v) is 0. The van der Waals surface area contributed by atoms with Gasteiger partial charge >= 0.3 is 0 Å². The molecule has 0 aromatic rings. The Morgan fingerprint density at radius 1 is 1.38 bits per heavy atom. The van der Waals surface area contributed by atoms with Gasteiger partial charge in [0.15, 0.2) is 9.84 Å². The Morgan fingerprint density at radius 2 is 1.50 bits per heavy atom. The number of hydrogen-bond donors (Lipinski definition) is 0. The van der Waals surface area contributed by atoms with E-state index in [2.05, 4.69) is 6.92 Å². The molecule has 0 aliphatic carbocycles. The van der Waals surface area contributed by atoms with Gasteiger partial charge in [-0.25, -0.2) is 8.42 Å². The Labute approximate surface area is 50.8 Å². The maximum Gasteiger partial charge on any atom is 0.152 e. The van der Waals surface area contributed by atoms with Crippen molar-refractivity contribution in [3.63, 3.8) is 0 Å². The average molecular weight is 135 g/mol. The SMILES string of the molecule is [CH2]C(C)(C)S(C)(=O)=O. The lowest BCUT2D eigenvalue weighted by Crippen LogP contribution is -2.26. The Morgan fingerprint density at radius 3 is 1.50 bits per heavy atom. The van der Waals surface area contributed by atoms with Crippen molar-refractivity contribution in [2.24, 2.45) is 0 Å². The molecule has 0 aliphatic heterocycles. The van der Waals surface area contributed by atoms with Gasteiger partial charge in [0, 0.05) is 6.26 Å². The first-order valence-corrected chi connectivity index (χ1v) is 4.19. The van der Waals surface area contributed by atoms with Crippen LogP contribution in [0.3, 0.4) is 0 Å². The zero-order valence-electron chi connectivity index (χ0n) is 5.43. The van der Waals surface area contributed by atoms with Gasteiger partial charge in [0.2, 0.25) is 0 Å². The van der Waals surface area contributed by atoms with Crippen molar-refractivity contribution in [2.45, 2.75) is 18.6 Å². The summed E-state index contributed by atoms with van der Waals surface area (Å²) in [5.74, 6) is 0. The highest BCUT2D eigenvalue weighted by Gasteiger charge is 2.23. The summed E-state index contributed by atoms with van der Waals surface area (Å²) in [6, 6.07) is 0. The molecule has 8 heavy (non-hydrogen) atoms.